The van der Waals surface area contributed by atoms with Crippen LogP contribution in [0.5, 0.6) is 11.5 Å². The van der Waals surface area contributed by atoms with Crippen LogP contribution in [0.2, 0.25) is 0 Å². The molecule has 1 heterocycles. The Hall–Kier alpha value is -3.09. The van der Waals surface area contributed by atoms with Crippen molar-refractivity contribution in [2.75, 3.05) is 20.8 Å². The molecule has 0 saturated carbocycles. The van der Waals surface area contributed by atoms with Crippen LogP contribution in [0.3, 0.4) is 0 Å². The van der Waals surface area contributed by atoms with Gasteiger partial charge in [-0.3, -0.25) is 14.6 Å². The van der Waals surface area contributed by atoms with Gasteiger partial charge < -0.3 is 20.1 Å². The molecule has 2 amide bonds. The number of benzene rings is 1. The van der Waals surface area contributed by atoms with Crippen molar-refractivity contribution in [2.45, 2.75) is 6.54 Å². The predicted molar refractivity (Wildman–Crippen MR) is 88.0 cm³/mol. The molecule has 0 aliphatic rings. The average molecular weight is 329 g/mol. The topological polar surface area (TPSA) is 89.5 Å². The largest absolute Gasteiger partial charge is 0.493 e. The highest BCUT2D eigenvalue weighted by molar-refractivity contribution is 5.97. The summed E-state index contributed by atoms with van der Waals surface area (Å²) in [5.41, 5.74) is 1.32. The third-order valence-electron chi connectivity index (χ3n) is 3.29. The molecule has 1 aromatic heterocycles. The minimum atomic E-state index is -0.366. The molecule has 2 N–H and O–H groups in total. The summed E-state index contributed by atoms with van der Waals surface area (Å²) in [6, 6.07) is 8.41. The number of ether oxygens (including phenoxy) is 2. The van der Waals surface area contributed by atoms with Crippen molar-refractivity contribution in [3.8, 4) is 11.5 Å². The number of pyridine rings is 1. The first-order valence-electron chi connectivity index (χ1n) is 7.30. The van der Waals surface area contributed by atoms with Gasteiger partial charge in [-0.2, -0.15) is 0 Å². The second-order valence-electron chi connectivity index (χ2n) is 4.88. The Morgan fingerprint density at radius 3 is 2.38 bits per heavy atom. The van der Waals surface area contributed by atoms with Gasteiger partial charge in [0.05, 0.1) is 20.8 Å². The molecule has 0 radical (unpaired) electrons. The van der Waals surface area contributed by atoms with Crippen LogP contribution in [0.4, 0.5) is 0 Å². The van der Waals surface area contributed by atoms with E-state index in [0.29, 0.717) is 23.6 Å². The predicted octanol–water partition coefficient (Wildman–Crippen LogP) is 1.14. The zero-order valence-electron chi connectivity index (χ0n) is 13.5. The molecule has 2 rings (SSSR count). The summed E-state index contributed by atoms with van der Waals surface area (Å²) in [5.74, 6) is 0.340. The molecule has 126 valence electrons. The smallest absolute Gasteiger partial charge is 0.251 e. The van der Waals surface area contributed by atoms with Crippen molar-refractivity contribution >= 4 is 11.8 Å². The molecule has 0 fully saturated rings. The number of hydrogen-bond donors (Lipinski definition) is 2. The van der Waals surface area contributed by atoms with Gasteiger partial charge in [0.25, 0.3) is 5.91 Å². The van der Waals surface area contributed by atoms with E-state index in [2.05, 4.69) is 15.6 Å². The molecule has 0 unspecified atom stereocenters. The zero-order chi connectivity index (χ0) is 17.4. The fraction of sp³-hybridized carbons (Fsp3) is 0.235. The minimum Gasteiger partial charge on any atom is -0.493 e. The molecule has 24 heavy (non-hydrogen) atoms. The van der Waals surface area contributed by atoms with Crippen molar-refractivity contribution < 1.29 is 19.1 Å². The Labute approximate surface area is 140 Å². The molecule has 7 nitrogen and oxygen atoms in total. The Kier molecular flexibility index (Phi) is 6.13. The first-order valence-corrected chi connectivity index (χ1v) is 7.30. The first-order chi connectivity index (χ1) is 11.6. The van der Waals surface area contributed by atoms with E-state index >= 15 is 0 Å². The van der Waals surface area contributed by atoms with Crippen molar-refractivity contribution in [2.24, 2.45) is 0 Å². The van der Waals surface area contributed by atoms with E-state index in [1.807, 2.05) is 12.1 Å². The van der Waals surface area contributed by atoms with Crippen LogP contribution in [0.25, 0.3) is 0 Å². The summed E-state index contributed by atoms with van der Waals surface area (Å²) < 4.78 is 10.3. The minimum absolute atomic E-state index is 0.113. The van der Waals surface area contributed by atoms with E-state index in [-0.39, 0.29) is 18.4 Å². The second-order valence-corrected chi connectivity index (χ2v) is 4.88. The number of hydrogen-bond acceptors (Lipinski definition) is 5. The van der Waals surface area contributed by atoms with Crippen LogP contribution >= 0.6 is 0 Å². The molecule has 0 bridgehead atoms. The molecule has 1 aromatic carbocycles. The first kappa shape index (κ1) is 17.3. The van der Waals surface area contributed by atoms with E-state index < -0.39 is 0 Å². The number of nitrogens with one attached hydrogen (secondary N) is 2. The van der Waals surface area contributed by atoms with Gasteiger partial charge in [0.2, 0.25) is 5.91 Å². The zero-order valence-corrected chi connectivity index (χ0v) is 13.5. The van der Waals surface area contributed by atoms with E-state index in [1.165, 1.54) is 14.2 Å². The number of amides is 2. The lowest BCUT2D eigenvalue weighted by Crippen LogP contribution is -2.36. The van der Waals surface area contributed by atoms with Crippen LogP contribution in [0.15, 0.2) is 42.7 Å². The van der Waals surface area contributed by atoms with Crippen LogP contribution in [0, 0.1) is 0 Å². The average Bonchev–Trinajstić information content (AvgIpc) is 2.64. The summed E-state index contributed by atoms with van der Waals surface area (Å²) in [7, 11) is 3.01. The normalized spacial score (nSPS) is 9.92. The van der Waals surface area contributed by atoms with Gasteiger partial charge in [0.15, 0.2) is 11.5 Å². The Morgan fingerprint density at radius 2 is 1.71 bits per heavy atom. The SMILES string of the molecule is COc1ccc(C(=O)NCC(=O)NCc2ccncc2)cc1OC. The molecule has 7 heteroatoms. The molecule has 0 aliphatic carbocycles. The third-order valence-corrected chi connectivity index (χ3v) is 3.29. The molecular formula is C17H19N3O4. The van der Waals surface area contributed by atoms with Gasteiger partial charge in [0.1, 0.15) is 0 Å². The fourth-order valence-electron chi connectivity index (χ4n) is 2.00. The van der Waals surface area contributed by atoms with Crippen molar-refractivity contribution in [3.63, 3.8) is 0 Å². The van der Waals surface area contributed by atoms with Gasteiger partial charge in [-0.1, -0.05) is 0 Å². The Balaban J connectivity index is 1.85. The van der Waals surface area contributed by atoms with Gasteiger partial charge in [0, 0.05) is 24.5 Å². The summed E-state index contributed by atoms with van der Waals surface area (Å²) in [6.45, 7) is 0.270. The molecule has 0 spiro atoms. The fourth-order valence-corrected chi connectivity index (χ4v) is 2.00. The number of nitrogens with zero attached hydrogens (tertiary/aromatic N) is 1. The summed E-state index contributed by atoms with van der Waals surface area (Å²) >= 11 is 0. The number of carbonyl (C=O) groups is 2. The molecule has 0 aliphatic heterocycles. The monoisotopic (exact) mass is 329 g/mol. The van der Waals surface area contributed by atoms with Crippen LogP contribution in [0.1, 0.15) is 15.9 Å². The lowest BCUT2D eigenvalue weighted by molar-refractivity contribution is -0.120. The quantitative estimate of drug-likeness (QED) is 0.795. The van der Waals surface area contributed by atoms with Crippen molar-refractivity contribution in [1.82, 2.24) is 15.6 Å². The van der Waals surface area contributed by atoms with Gasteiger partial charge in [-0.25, -0.2) is 0 Å². The van der Waals surface area contributed by atoms with Crippen LogP contribution < -0.4 is 20.1 Å². The summed E-state index contributed by atoms with van der Waals surface area (Å²) in [4.78, 5) is 27.8. The summed E-state index contributed by atoms with van der Waals surface area (Å²) in [5, 5.41) is 5.28. The maximum absolute atomic E-state index is 12.1. The van der Waals surface area contributed by atoms with Crippen LogP contribution in [-0.4, -0.2) is 37.6 Å². The van der Waals surface area contributed by atoms with Crippen LogP contribution in [-0.2, 0) is 11.3 Å². The number of carbonyl (C=O) groups excluding carboxylic acids is 2. The lowest BCUT2D eigenvalue weighted by atomic mass is 10.2. The number of methoxy groups -OCH3 is 2. The molecule has 2 aromatic rings. The van der Waals surface area contributed by atoms with Crippen molar-refractivity contribution in [1.29, 1.82) is 0 Å². The number of rotatable bonds is 7. The molecule has 0 atom stereocenters. The third kappa shape index (κ3) is 4.70. The highest BCUT2D eigenvalue weighted by Crippen LogP contribution is 2.27. The van der Waals surface area contributed by atoms with Crippen molar-refractivity contribution in [3.05, 3.63) is 53.9 Å². The molecular weight excluding hydrogens is 310 g/mol. The maximum atomic E-state index is 12.1. The second kappa shape index (κ2) is 8.52. The highest BCUT2D eigenvalue weighted by atomic mass is 16.5. The standard InChI is InChI=1S/C17H19N3O4/c1-23-14-4-3-13(9-15(14)24-2)17(22)20-11-16(21)19-10-12-5-7-18-8-6-12/h3-9H,10-11H2,1-2H3,(H,19,21)(H,20,22). The van der Waals surface area contributed by atoms with Gasteiger partial charge in [-0.05, 0) is 35.9 Å². The van der Waals surface area contributed by atoms with E-state index in [4.69, 9.17) is 9.47 Å². The highest BCUT2D eigenvalue weighted by Gasteiger charge is 2.11. The van der Waals surface area contributed by atoms with Gasteiger partial charge in [-0.15, -0.1) is 0 Å². The Morgan fingerprint density at radius 1 is 1.00 bits per heavy atom. The number of aromatic nitrogens is 1. The Bertz CT molecular complexity index is 704. The van der Waals surface area contributed by atoms with E-state index in [0.717, 1.165) is 5.56 Å². The van der Waals surface area contributed by atoms with E-state index in [1.54, 1.807) is 30.6 Å². The van der Waals surface area contributed by atoms with E-state index in [9.17, 15) is 9.59 Å². The maximum Gasteiger partial charge on any atom is 0.251 e. The summed E-state index contributed by atoms with van der Waals surface area (Å²) in [6.07, 6.45) is 3.31. The van der Waals surface area contributed by atoms with Gasteiger partial charge >= 0.3 is 0 Å². The lowest BCUT2D eigenvalue weighted by Gasteiger charge is -2.10. The molecule has 0 saturated heterocycles.